The zero-order valence-corrected chi connectivity index (χ0v) is 11.8. The molecule has 96 valence electrons. The minimum absolute atomic E-state index is 0.446. The molecule has 2 rings (SSSR count). The monoisotopic (exact) mass is 252 g/mol. The summed E-state index contributed by atoms with van der Waals surface area (Å²) < 4.78 is 0. The van der Waals surface area contributed by atoms with Crippen LogP contribution in [0.4, 0.5) is 0 Å². The highest BCUT2D eigenvalue weighted by Gasteiger charge is 2.18. The fourth-order valence-electron chi connectivity index (χ4n) is 2.65. The molecule has 0 spiro atoms. The van der Waals surface area contributed by atoms with Crippen molar-refractivity contribution >= 4 is 11.3 Å². The van der Waals surface area contributed by atoms with Crippen molar-refractivity contribution in [3.63, 3.8) is 0 Å². The van der Waals surface area contributed by atoms with Gasteiger partial charge in [-0.15, -0.1) is 11.3 Å². The summed E-state index contributed by atoms with van der Waals surface area (Å²) in [7, 11) is 0. The van der Waals surface area contributed by atoms with E-state index in [1.165, 1.54) is 41.0 Å². The van der Waals surface area contributed by atoms with Crippen molar-refractivity contribution in [3.8, 4) is 0 Å². The lowest BCUT2D eigenvalue weighted by Gasteiger charge is -2.26. The maximum Gasteiger partial charge on any atom is 0.0300 e. The van der Waals surface area contributed by atoms with Gasteiger partial charge < -0.3 is 11.1 Å². The molecule has 1 aromatic rings. The van der Waals surface area contributed by atoms with Crippen molar-refractivity contribution in [1.29, 1.82) is 0 Å². The zero-order valence-electron chi connectivity index (χ0n) is 11.0. The summed E-state index contributed by atoms with van der Waals surface area (Å²) in [4.78, 5) is 2.90. The third kappa shape index (κ3) is 3.80. The molecule has 1 fully saturated rings. The van der Waals surface area contributed by atoms with Gasteiger partial charge >= 0.3 is 0 Å². The number of nitrogens with two attached hydrogens (primary N) is 1. The van der Waals surface area contributed by atoms with Crippen molar-refractivity contribution in [1.82, 2.24) is 5.32 Å². The Labute approximate surface area is 109 Å². The van der Waals surface area contributed by atoms with Crippen LogP contribution >= 0.6 is 11.3 Å². The number of hydrogen-bond donors (Lipinski definition) is 2. The molecule has 0 amide bonds. The topological polar surface area (TPSA) is 38.0 Å². The van der Waals surface area contributed by atoms with E-state index in [4.69, 9.17) is 5.73 Å². The van der Waals surface area contributed by atoms with Crippen LogP contribution in [0.3, 0.4) is 0 Å². The van der Waals surface area contributed by atoms with Crippen LogP contribution in [0.2, 0.25) is 0 Å². The van der Waals surface area contributed by atoms with Crippen LogP contribution in [-0.2, 0) is 6.54 Å². The van der Waals surface area contributed by atoms with E-state index in [0.29, 0.717) is 6.04 Å². The first-order valence-corrected chi connectivity index (χ1v) is 7.49. The SMILES string of the molecule is Cc1cc(CNCC2CCCC(N)C2)sc1C. The molecule has 1 heterocycles. The number of thiophene rings is 1. The van der Waals surface area contributed by atoms with Gasteiger partial charge in [0, 0.05) is 22.3 Å². The predicted octanol–water partition coefficient (Wildman–Crippen LogP) is 2.97. The van der Waals surface area contributed by atoms with Gasteiger partial charge in [0.05, 0.1) is 0 Å². The van der Waals surface area contributed by atoms with Gasteiger partial charge in [0.25, 0.3) is 0 Å². The molecule has 0 saturated heterocycles. The van der Waals surface area contributed by atoms with Gasteiger partial charge in [-0.2, -0.15) is 0 Å². The van der Waals surface area contributed by atoms with E-state index in [0.717, 1.165) is 19.0 Å². The summed E-state index contributed by atoms with van der Waals surface area (Å²) in [5.41, 5.74) is 7.43. The van der Waals surface area contributed by atoms with E-state index in [9.17, 15) is 0 Å². The Hall–Kier alpha value is -0.380. The standard InChI is InChI=1S/C14H24N2S/c1-10-6-14(17-11(10)2)9-16-8-12-4-3-5-13(15)7-12/h6,12-13,16H,3-5,7-9,15H2,1-2H3. The Morgan fingerprint density at radius 1 is 1.41 bits per heavy atom. The Morgan fingerprint density at radius 3 is 2.88 bits per heavy atom. The second-order valence-corrected chi connectivity index (χ2v) is 6.72. The van der Waals surface area contributed by atoms with Gasteiger partial charge in [-0.05, 0) is 57.2 Å². The Balaban J connectivity index is 1.72. The Kier molecular flexibility index (Phi) is 4.60. The molecule has 1 saturated carbocycles. The van der Waals surface area contributed by atoms with Gasteiger partial charge in [0.1, 0.15) is 0 Å². The average Bonchev–Trinajstić information content (AvgIpc) is 2.58. The quantitative estimate of drug-likeness (QED) is 0.864. The Bertz CT molecular complexity index is 340. The number of rotatable bonds is 4. The normalized spacial score (nSPS) is 25.1. The second-order valence-electron chi connectivity index (χ2n) is 5.38. The van der Waals surface area contributed by atoms with E-state index >= 15 is 0 Å². The van der Waals surface area contributed by atoms with Crippen LogP contribution in [-0.4, -0.2) is 12.6 Å². The number of aryl methyl sites for hydroxylation is 2. The molecule has 1 aliphatic rings. The van der Waals surface area contributed by atoms with Crippen molar-refractivity contribution in [2.45, 2.75) is 52.1 Å². The van der Waals surface area contributed by atoms with E-state index < -0.39 is 0 Å². The smallest absolute Gasteiger partial charge is 0.0300 e. The van der Waals surface area contributed by atoms with Crippen molar-refractivity contribution in [2.75, 3.05) is 6.54 Å². The molecule has 3 heteroatoms. The van der Waals surface area contributed by atoms with Crippen LogP contribution < -0.4 is 11.1 Å². The minimum atomic E-state index is 0.446. The average molecular weight is 252 g/mol. The lowest BCUT2D eigenvalue weighted by molar-refractivity contribution is 0.310. The fraction of sp³-hybridized carbons (Fsp3) is 0.714. The summed E-state index contributed by atoms with van der Waals surface area (Å²) >= 11 is 1.91. The van der Waals surface area contributed by atoms with Gasteiger partial charge in [0.2, 0.25) is 0 Å². The first-order chi connectivity index (χ1) is 8.15. The molecule has 1 aromatic heterocycles. The third-order valence-corrected chi connectivity index (χ3v) is 4.93. The second kappa shape index (κ2) is 5.98. The molecule has 0 radical (unpaired) electrons. The lowest BCUT2D eigenvalue weighted by atomic mass is 9.86. The van der Waals surface area contributed by atoms with E-state index in [1.54, 1.807) is 0 Å². The molecule has 3 N–H and O–H groups in total. The number of nitrogens with one attached hydrogen (secondary N) is 1. The van der Waals surface area contributed by atoms with Crippen LogP contribution in [0.5, 0.6) is 0 Å². The van der Waals surface area contributed by atoms with Gasteiger partial charge in [-0.25, -0.2) is 0 Å². The molecule has 2 nitrogen and oxygen atoms in total. The molecular formula is C14H24N2S. The molecule has 1 aliphatic carbocycles. The first kappa shape index (κ1) is 13.1. The molecular weight excluding hydrogens is 228 g/mol. The molecule has 0 aliphatic heterocycles. The third-order valence-electron chi connectivity index (χ3n) is 3.77. The summed E-state index contributed by atoms with van der Waals surface area (Å²) in [6.45, 7) is 6.54. The van der Waals surface area contributed by atoms with E-state index in [-0.39, 0.29) is 0 Å². The van der Waals surface area contributed by atoms with Gasteiger partial charge in [-0.1, -0.05) is 6.42 Å². The van der Waals surface area contributed by atoms with Crippen molar-refractivity contribution in [3.05, 3.63) is 21.4 Å². The van der Waals surface area contributed by atoms with Crippen molar-refractivity contribution in [2.24, 2.45) is 11.7 Å². The predicted molar refractivity (Wildman–Crippen MR) is 75.4 cm³/mol. The summed E-state index contributed by atoms with van der Waals surface area (Å²) in [6.07, 6.45) is 5.09. The van der Waals surface area contributed by atoms with Crippen LogP contribution in [0, 0.1) is 19.8 Å². The van der Waals surface area contributed by atoms with Crippen molar-refractivity contribution < 1.29 is 0 Å². The molecule has 0 bridgehead atoms. The molecule has 2 unspecified atom stereocenters. The summed E-state index contributed by atoms with van der Waals surface area (Å²) in [5.74, 6) is 0.793. The first-order valence-electron chi connectivity index (χ1n) is 6.67. The largest absolute Gasteiger partial charge is 0.328 e. The van der Waals surface area contributed by atoms with Gasteiger partial charge in [-0.3, -0.25) is 0 Å². The Morgan fingerprint density at radius 2 is 2.24 bits per heavy atom. The lowest BCUT2D eigenvalue weighted by Crippen LogP contribution is -2.33. The van der Waals surface area contributed by atoms with E-state index in [2.05, 4.69) is 25.2 Å². The minimum Gasteiger partial charge on any atom is -0.328 e. The highest BCUT2D eigenvalue weighted by Crippen LogP contribution is 2.23. The maximum atomic E-state index is 6.01. The van der Waals surface area contributed by atoms with Gasteiger partial charge in [0.15, 0.2) is 0 Å². The fourth-order valence-corrected chi connectivity index (χ4v) is 3.68. The summed E-state index contributed by atoms with van der Waals surface area (Å²) in [5, 5.41) is 3.59. The molecule has 0 aromatic carbocycles. The molecule has 17 heavy (non-hydrogen) atoms. The molecule has 2 atom stereocenters. The highest BCUT2D eigenvalue weighted by atomic mass is 32.1. The van der Waals surface area contributed by atoms with Crippen LogP contribution in [0.1, 0.15) is 41.0 Å². The summed E-state index contributed by atoms with van der Waals surface area (Å²) in [6, 6.07) is 2.75. The van der Waals surface area contributed by atoms with Crippen LogP contribution in [0.25, 0.3) is 0 Å². The maximum absolute atomic E-state index is 6.01. The van der Waals surface area contributed by atoms with E-state index in [1.807, 2.05) is 11.3 Å². The highest BCUT2D eigenvalue weighted by molar-refractivity contribution is 7.12. The zero-order chi connectivity index (χ0) is 12.3. The van der Waals surface area contributed by atoms with Crippen LogP contribution in [0.15, 0.2) is 6.07 Å². The number of hydrogen-bond acceptors (Lipinski definition) is 3.